The van der Waals surface area contributed by atoms with Gasteiger partial charge >= 0.3 is 12.1 Å². The van der Waals surface area contributed by atoms with Crippen molar-refractivity contribution in [3.05, 3.63) is 35.9 Å². The number of carbonyl (C=O) groups excluding carboxylic acids is 2. The summed E-state index contributed by atoms with van der Waals surface area (Å²) in [7, 11) is 0. The number of hydrogen-bond donors (Lipinski definition) is 1. The van der Waals surface area contributed by atoms with Crippen LogP contribution in [0, 0.1) is 0 Å². The molecular weight excluding hydrogens is 278 g/mol. The van der Waals surface area contributed by atoms with Crippen molar-refractivity contribution in [1.29, 1.82) is 0 Å². The molecular formula is C14H15NO6. The number of carbonyl (C=O) groups is 2. The molecule has 2 saturated heterocycles. The molecule has 0 saturated carbocycles. The van der Waals surface area contributed by atoms with E-state index in [1.807, 2.05) is 30.3 Å². The molecule has 112 valence electrons. The first-order chi connectivity index (χ1) is 10.1. The standard InChI is InChI=1S/C14H15NO6/c16-11-6-15(12-10(21-11)8-19-13(12)17)14(18)20-7-9-4-2-1-3-5-9/h1-5,10-12,16H,6-8H2/t10-,11?,12-/m1/s1. The molecule has 0 spiro atoms. The van der Waals surface area contributed by atoms with Gasteiger partial charge in [-0.05, 0) is 5.56 Å². The van der Waals surface area contributed by atoms with Gasteiger partial charge in [0.1, 0.15) is 19.3 Å². The maximum absolute atomic E-state index is 12.1. The van der Waals surface area contributed by atoms with E-state index in [0.717, 1.165) is 10.5 Å². The predicted molar refractivity (Wildman–Crippen MR) is 69.0 cm³/mol. The third kappa shape index (κ3) is 2.84. The Balaban J connectivity index is 1.66. The predicted octanol–water partition coefficient (Wildman–Crippen LogP) is 0.268. The van der Waals surface area contributed by atoms with Crippen molar-refractivity contribution in [3.8, 4) is 0 Å². The second kappa shape index (κ2) is 5.71. The van der Waals surface area contributed by atoms with Gasteiger partial charge in [-0.2, -0.15) is 0 Å². The van der Waals surface area contributed by atoms with Crippen LogP contribution in [0.5, 0.6) is 0 Å². The topological polar surface area (TPSA) is 85.3 Å². The molecule has 7 nitrogen and oxygen atoms in total. The fourth-order valence-corrected chi connectivity index (χ4v) is 2.45. The van der Waals surface area contributed by atoms with Crippen molar-refractivity contribution in [3.63, 3.8) is 0 Å². The lowest BCUT2D eigenvalue weighted by molar-refractivity contribution is -0.188. The number of aliphatic hydroxyl groups is 1. The normalized spacial score (nSPS) is 28.0. The average Bonchev–Trinajstić information content (AvgIpc) is 2.86. The molecule has 0 radical (unpaired) electrons. The van der Waals surface area contributed by atoms with E-state index in [1.165, 1.54) is 0 Å². The highest BCUT2D eigenvalue weighted by atomic mass is 16.6. The molecule has 2 aliphatic rings. The Morgan fingerprint density at radius 1 is 1.38 bits per heavy atom. The fraction of sp³-hybridized carbons (Fsp3) is 0.429. The zero-order chi connectivity index (χ0) is 14.8. The highest BCUT2D eigenvalue weighted by Crippen LogP contribution is 2.25. The molecule has 2 heterocycles. The van der Waals surface area contributed by atoms with Crippen LogP contribution in [0.3, 0.4) is 0 Å². The molecule has 3 rings (SSSR count). The van der Waals surface area contributed by atoms with Crippen molar-refractivity contribution in [1.82, 2.24) is 4.90 Å². The van der Waals surface area contributed by atoms with Gasteiger partial charge in [0.25, 0.3) is 0 Å². The third-order valence-electron chi connectivity index (χ3n) is 3.44. The minimum atomic E-state index is -1.15. The van der Waals surface area contributed by atoms with Crippen molar-refractivity contribution >= 4 is 12.1 Å². The van der Waals surface area contributed by atoms with Crippen LogP contribution < -0.4 is 0 Å². The Morgan fingerprint density at radius 3 is 2.90 bits per heavy atom. The van der Waals surface area contributed by atoms with Gasteiger partial charge in [0, 0.05) is 0 Å². The van der Waals surface area contributed by atoms with E-state index in [4.69, 9.17) is 14.2 Å². The number of ether oxygens (including phenoxy) is 3. The van der Waals surface area contributed by atoms with Crippen molar-refractivity contribution < 1.29 is 28.9 Å². The largest absolute Gasteiger partial charge is 0.461 e. The van der Waals surface area contributed by atoms with Crippen LogP contribution in [0.15, 0.2) is 30.3 Å². The summed E-state index contributed by atoms with van der Waals surface area (Å²) in [4.78, 5) is 25.0. The van der Waals surface area contributed by atoms with Gasteiger partial charge in [0.2, 0.25) is 0 Å². The number of rotatable bonds is 2. The molecule has 1 amide bonds. The number of esters is 1. The van der Waals surface area contributed by atoms with Gasteiger partial charge in [0.15, 0.2) is 12.3 Å². The lowest BCUT2D eigenvalue weighted by atomic mass is 10.1. The lowest BCUT2D eigenvalue weighted by Gasteiger charge is -2.36. The van der Waals surface area contributed by atoms with Gasteiger partial charge in [-0.3, -0.25) is 4.90 Å². The van der Waals surface area contributed by atoms with E-state index in [0.29, 0.717) is 0 Å². The lowest BCUT2D eigenvalue weighted by Crippen LogP contribution is -2.57. The Morgan fingerprint density at radius 2 is 2.14 bits per heavy atom. The average molecular weight is 293 g/mol. The molecule has 2 aliphatic heterocycles. The van der Waals surface area contributed by atoms with Crippen LogP contribution in [-0.2, 0) is 25.6 Å². The first-order valence-corrected chi connectivity index (χ1v) is 6.62. The summed E-state index contributed by atoms with van der Waals surface area (Å²) < 4.78 is 15.2. The van der Waals surface area contributed by atoms with Crippen molar-refractivity contribution in [2.75, 3.05) is 13.2 Å². The maximum atomic E-state index is 12.1. The van der Waals surface area contributed by atoms with E-state index in [-0.39, 0.29) is 19.8 Å². The first-order valence-electron chi connectivity index (χ1n) is 6.62. The number of cyclic esters (lactones) is 1. The number of amides is 1. The molecule has 0 bridgehead atoms. The van der Waals surface area contributed by atoms with Crippen molar-refractivity contribution in [2.24, 2.45) is 0 Å². The number of nitrogens with zero attached hydrogens (tertiary/aromatic N) is 1. The second-order valence-corrected chi connectivity index (χ2v) is 4.90. The van der Waals surface area contributed by atoms with Gasteiger partial charge in [-0.15, -0.1) is 0 Å². The zero-order valence-electron chi connectivity index (χ0n) is 11.2. The van der Waals surface area contributed by atoms with Crippen molar-refractivity contribution in [2.45, 2.75) is 25.0 Å². The minimum absolute atomic E-state index is 0.0308. The molecule has 1 unspecified atom stereocenters. The van der Waals surface area contributed by atoms with E-state index < -0.39 is 30.5 Å². The number of morpholine rings is 1. The summed E-state index contributed by atoms with van der Waals surface area (Å²) in [6.45, 7) is 0.00642. The van der Waals surface area contributed by atoms with Gasteiger partial charge < -0.3 is 19.3 Å². The van der Waals surface area contributed by atoms with Gasteiger partial charge in [-0.25, -0.2) is 9.59 Å². The number of β-amino-alcohol motifs (C(OH)–C–C–N with tert-alkyl or cyclic N) is 1. The highest BCUT2D eigenvalue weighted by Gasteiger charge is 2.49. The molecule has 0 aliphatic carbocycles. The smallest absolute Gasteiger partial charge is 0.411 e. The second-order valence-electron chi connectivity index (χ2n) is 4.90. The van der Waals surface area contributed by atoms with E-state index in [1.54, 1.807) is 0 Å². The summed E-state index contributed by atoms with van der Waals surface area (Å²) in [5.41, 5.74) is 0.838. The first kappa shape index (κ1) is 13.8. The Labute approximate surface area is 121 Å². The number of fused-ring (bicyclic) bond motifs is 1. The van der Waals surface area contributed by atoms with E-state index in [9.17, 15) is 14.7 Å². The van der Waals surface area contributed by atoms with Crippen LogP contribution in [0.25, 0.3) is 0 Å². The van der Waals surface area contributed by atoms with Gasteiger partial charge in [0.05, 0.1) is 6.54 Å². The monoisotopic (exact) mass is 293 g/mol. The minimum Gasteiger partial charge on any atom is -0.461 e. The van der Waals surface area contributed by atoms with Crippen LogP contribution in [0.4, 0.5) is 4.79 Å². The number of benzene rings is 1. The Hall–Kier alpha value is -2.12. The quantitative estimate of drug-likeness (QED) is 0.788. The summed E-state index contributed by atoms with van der Waals surface area (Å²) in [6, 6.07) is 8.35. The Bertz CT molecular complexity index is 534. The molecule has 3 atom stereocenters. The molecule has 7 heteroatoms. The van der Waals surface area contributed by atoms with Crippen LogP contribution in [0.2, 0.25) is 0 Å². The highest BCUT2D eigenvalue weighted by molar-refractivity contribution is 5.84. The summed E-state index contributed by atoms with van der Waals surface area (Å²) in [5.74, 6) is -0.538. The molecule has 2 fully saturated rings. The Kier molecular flexibility index (Phi) is 3.76. The number of aliphatic hydroxyl groups excluding tert-OH is 1. The van der Waals surface area contributed by atoms with Crippen LogP contribution in [0.1, 0.15) is 5.56 Å². The molecule has 1 aromatic carbocycles. The fourth-order valence-electron chi connectivity index (χ4n) is 2.45. The molecule has 1 aromatic rings. The zero-order valence-corrected chi connectivity index (χ0v) is 11.2. The third-order valence-corrected chi connectivity index (χ3v) is 3.44. The van der Waals surface area contributed by atoms with Gasteiger partial charge in [-0.1, -0.05) is 30.3 Å². The molecule has 21 heavy (non-hydrogen) atoms. The number of hydrogen-bond acceptors (Lipinski definition) is 6. The van der Waals surface area contributed by atoms with Crippen LogP contribution >= 0.6 is 0 Å². The summed E-state index contributed by atoms with van der Waals surface area (Å²) in [6.07, 6.45) is -2.47. The molecule has 0 aromatic heterocycles. The SMILES string of the molecule is O=C1OC[C@H]2OC(O)CN(C(=O)OCc3ccccc3)[C@@H]12. The summed E-state index contributed by atoms with van der Waals surface area (Å²) in [5, 5.41) is 9.61. The maximum Gasteiger partial charge on any atom is 0.411 e. The van der Waals surface area contributed by atoms with Crippen LogP contribution in [-0.4, -0.2) is 53.7 Å². The van der Waals surface area contributed by atoms with E-state index in [2.05, 4.69) is 0 Å². The van der Waals surface area contributed by atoms with E-state index >= 15 is 0 Å². The summed E-state index contributed by atoms with van der Waals surface area (Å²) >= 11 is 0. The molecule has 1 N–H and O–H groups in total.